The number of rotatable bonds is 3. The van der Waals surface area contributed by atoms with E-state index in [9.17, 15) is 4.79 Å². The standard InChI is InChI=1S/C9H12ClN3O.ClH/c10-7-1-8(12-5-7)9(14)13-4-6-2-11-3-6;/h1,5-6,11-12H,2-4H2,(H,13,14);1H. The molecule has 3 N–H and O–H groups in total. The second-order valence-electron chi connectivity index (χ2n) is 3.47. The zero-order valence-corrected chi connectivity index (χ0v) is 9.62. The van der Waals surface area contributed by atoms with E-state index in [0.717, 1.165) is 19.6 Å². The third kappa shape index (κ3) is 3.12. The fraction of sp³-hybridized carbons (Fsp3) is 0.444. The molecule has 15 heavy (non-hydrogen) atoms. The predicted molar refractivity (Wildman–Crippen MR) is 61.7 cm³/mol. The van der Waals surface area contributed by atoms with Crippen molar-refractivity contribution in [3.05, 3.63) is 23.0 Å². The van der Waals surface area contributed by atoms with Crippen LogP contribution in [-0.4, -0.2) is 30.5 Å². The van der Waals surface area contributed by atoms with E-state index in [2.05, 4.69) is 15.6 Å². The van der Waals surface area contributed by atoms with Gasteiger partial charge in [0.1, 0.15) is 5.69 Å². The van der Waals surface area contributed by atoms with Crippen LogP contribution in [0.25, 0.3) is 0 Å². The number of H-pyrrole nitrogens is 1. The van der Waals surface area contributed by atoms with Crippen LogP contribution in [0.1, 0.15) is 10.5 Å². The molecule has 0 aromatic carbocycles. The Morgan fingerprint density at radius 3 is 2.80 bits per heavy atom. The van der Waals surface area contributed by atoms with E-state index < -0.39 is 0 Å². The van der Waals surface area contributed by atoms with Crippen molar-refractivity contribution in [1.82, 2.24) is 15.6 Å². The van der Waals surface area contributed by atoms with Crippen LogP contribution >= 0.6 is 24.0 Å². The minimum Gasteiger partial charge on any atom is -0.356 e. The molecule has 4 nitrogen and oxygen atoms in total. The van der Waals surface area contributed by atoms with Crippen LogP contribution in [0, 0.1) is 5.92 Å². The second kappa shape index (κ2) is 5.39. The Hall–Kier alpha value is -0.710. The summed E-state index contributed by atoms with van der Waals surface area (Å²) in [4.78, 5) is 14.3. The molecule has 0 bridgehead atoms. The maximum Gasteiger partial charge on any atom is 0.267 e. The average Bonchev–Trinajstić information content (AvgIpc) is 2.49. The van der Waals surface area contributed by atoms with Gasteiger partial charge in [-0.05, 0) is 6.07 Å². The lowest BCUT2D eigenvalue weighted by Crippen LogP contribution is -2.48. The van der Waals surface area contributed by atoms with E-state index in [1.807, 2.05) is 0 Å². The molecule has 0 radical (unpaired) electrons. The quantitative estimate of drug-likeness (QED) is 0.750. The highest BCUT2D eigenvalue weighted by Crippen LogP contribution is 2.09. The molecule has 6 heteroatoms. The van der Waals surface area contributed by atoms with Gasteiger partial charge < -0.3 is 15.6 Å². The Labute approximate surface area is 99.2 Å². The van der Waals surface area contributed by atoms with Crippen molar-refractivity contribution in [2.75, 3.05) is 19.6 Å². The molecule has 1 fully saturated rings. The van der Waals surface area contributed by atoms with E-state index in [1.165, 1.54) is 0 Å². The first-order chi connectivity index (χ1) is 6.75. The van der Waals surface area contributed by atoms with Crippen molar-refractivity contribution in [1.29, 1.82) is 0 Å². The minimum atomic E-state index is -0.0937. The number of nitrogens with one attached hydrogen (secondary N) is 3. The van der Waals surface area contributed by atoms with Crippen LogP contribution < -0.4 is 10.6 Å². The number of carbonyl (C=O) groups is 1. The second-order valence-corrected chi connectivity index (χ2v) is 3.90. The highest BCUT2D eigenvalue weighted by Gasteiger charge is 2.17. The maximum atomic E-state index is 11.5. The van der Waals surface area contributed by atoms with Gasteiger partial charge in [0.25, 0.3) is 5.91 Å². The van der Waals surface area contributed by atoms with Crippen molar-refractivity contribution < 1.29 is 4.79 Å². The molecule has 84 valence electrons. The summed E-state index contributed by atoms with van der Waals surface area (Å²) in [7, 11) is 0. The molecule has 0 unspecified atom stereocenters. The third-order valence-corrected chi connectivity index (χ3v) is 2.53. The number of hydrogen-bond acceptors (Lipinski definition) is 2. The van der Waals surface area contributed by atoms with Crippen LogP contribution in [-0.2, 0) is 0 Å². The summed E-state index contributed by atoms with van der Waals surface area (Å²) in [6.07, 6.45) is 1.60. The first kappa shape index (κ1) is 12.4. The Morgan fingerprint density at radius 2 is 2.33 bits per heavy atom. The molecule has 1 amide bonds. The van der Waals surface area contributed by atoms with Crippen LogP contribution in [0.4, 0.5) is 0 Å². The first-order valence-corrected chi connectivity index (χ1v) is 4.96. The Kier molecular flexibility index (Phi) is 4.45. The molecule has 1 aromatic heterocycles. The molecule has 1 aromatic rings. The molecule has 0 saturated carbocycles. The zero-order valence-electron chi connectivity index (χ0n) is 8.05. The van der Waals surface area contributed by atoms with Gasteiger partial charge in [-0.25, -0.2) is 0 Å². The molecule has 2 rings (SSSR count). The molecular weight excluding hydrogens is 237 g/mol. The van der Waals surface area contributed by atoms with Crippen LogP contribution in [0.3, 0.4) is 0 Å². The lowest BCUT2D eigenvalue weighted by atomic mass is 10.0. The van der Waals surface area contributed by atoms with Crippen molar-refractivity contribution in [3.8, 4) is 0 Å². The highest BCUT2D eigenvalue weighted by atomic mass is 35.5. The van der Waals surface area contributed by atoms with Crippen molar-refractivity contribution >= 4 is 29.9 Å². The average molecular weight is 250 g/mol. The fourth-order valence-electron chi connectivity index (χ4n) is 1.32. The molecular formula is C9H13Cl2N3O. The Balaban J connectivity index is 0.00000112. The van der Waals surface area contributed by atoms with Gasteiger partial charge >= 0.3 is 0 Å². The predicted octanol–water partition coefficient (Wildman–Crippen LogP) is 1.04. The van der Waals surface area contributed by atoms with Gasteiger partial charge in [0.05, 0.1) is 5.02 Å². The van der Waals surface area contributed by atoms with Crippen LogP contribution in [0.5, 0.6) is 0 Å². The van der Waals surface area contributed by atoms with Gasteiger partial charge in [0, 0.05) is 31.7 Å². The number of aromatic nitrogens is 1. The van der Waals surface area contributed by atoms with E-state index >= 15 is 0 Å². The normalized spacial score (nSPS) is 15.3. The first-order valence-electron chi connectivity index (χ1n) is 4.58. The number of aromatic amines is 1. The van der Waals surface area contributed by atoms with Gasteiger partial charge in [-0.15, -0.1) is 12.4 Å². The van der Waals surface area contributed by atoms with Crippen molar-refractivity contribution in [3.63, 3.8) is 0 Å². The van der Waals surface area contributed by atoms with Gasteiger partial charge in [-0.3, -0.25) is 4.79 Å². The van der Waals surface area contributed by atoms with E-state index in [4.69, 9.17) is 11.6 Å². The van der Waals surface area contributed by atoms with E-state index in [-0.39, 0.29) is 18.3 Å². The topological polar surface area (TPSA) is 56.9 Å². The van der Waals surface area contributed by atoms with Crippen molar-refractivity contribution in [2.24, 2.45) is 5.92 Å². The highest BCUT2D eigenvalue weighted by molar-refractivity contribution is 6.30. The molecule has 0 spiro atoms. The molecule has 0 atom stereocenters. The van der Waals surface area contributed by atoms with Crippen LogP contribution in [0.2, 0.25) is 5.02 Å². The largest absolute Gasteiger partial charge is 0.356 e. The summed E-state index contributed by atoms with van der Waals surface area (Å²) in [6, 6.07) is 1.62. The van der Waals surface area contributed by atoms with Crippen LogP contribution in [0.15, 0.2) is 12.3 Å². The lowest BCUT2D eigenvalue weighted by Gasteiger charge is -2.26. The van der Waals surface area contributed by atoms with E-state index in [1.54, 1.807) is 12.3 Å². The third-order valence-electron chi connectivity index (χ3n) is 2.31. The molecule has 2 heterocycles. The van der Waals surface area contributed by atoms with Gasteiger partial charge in [-0.1, -0.05) is 11.6 Å². The Bertz CT molecular complexity index is 336. The lowest BCUT2D eigenvalue weighted by molar-refractivity contribution is 0.0938. The SMILES string of the molecule is Cl.O=C(NCC1CNC1)c1cc(Cl)c[nH]1. The maximum absolute atomic E-state index is 11.5. The fourth-order valence-corrected chi connectivity index (χ4v) is 1.49. The zero-order chi connectivity index (χ0) is 9.97. The smallest absolute Gasteiger partial charge is 0.267 e. The summed E-state index contributed by atoms with van der Waals surface area (Å²) in [6.45, 7) is 2.71. The summed E-state index contributed by atoms with van der Waals surface area (Å²) >= 11 is 5.68. The number of hydrogen-bond donors (Lipinski definition) is 3. The van der Waals surface area contributed by atoms with Crippen molar-refractivity contribution in [2.45, 2.75) is 0 Å². The van der Waals surface area contributed by atoms with Gasteiger partial charge in [0.2, 0.25) is 0 Å². The molecule has 1 saturated heterocycles. The molecule has 1 aliphatic rings. The van der Waals surface area contributed by atoms with E-state index in [0.29, 0.717) is 16.6 Å². The summed E-state index contributed by atoms with van der Waals surface area (Å²) in [5.74, 6) is 0.480. The molecule has 0 aliphatic carbocycles. The minimum absolute atomic E-state index is 0. The number of amides is 1. The summed E-state index contributed by atoms with van der Waals surface area (Å²) in [5, 5.41) is 6.55. The molecule has 1 aliphatic heterocycles. The summed E-state index contributed by atoms with van der Waals surface area (Å²) in [5.41, 5.74) is 0.516. The summed E-state index contributed by atoms with van der Waals surface area (Å²) < 4.78 is 0. The monoisotopic (exact) mass is 249 g/mol. The number of halogens is 2. The van der Waals surface area contributed by atoms with Gasteiger partial charge in [0.15, 0.2) is 0 Å². The Morgan fingerprint density at radius 1 is 1.60 bits per heavy atom. The van der Waals surface area contributed by atoms with Gasteiger partial charge in [-0.2, -0.15) is 0 Å². The number of carbonyl (C=O) groups excluding carboxylic acids is 1.